The van der Waals surface area contributed by atoms with Crippen molar-refractivity contribution >= 4 is 0 Å². The summed E-state index contributed by atoms with van der Waals surface area (Å²) in [6.45, 7) is 16.1. The molecule has 0 bridgehead atoms. The van der Waals surface area contributed by atoms with Gasteiger partial charge < -0.3 is 10.2 Å². The second kappa shape index (κ2) is 51.4. The van der Waals surface area contributed by atoms with E-state index in [0.29, 0.717) is 0 Å². The summed E-state index contributed by atoms with van der Waals surface area (Å²) in [5, 5.41) is 16.2. The predicted molar refractivity (Wildman–Crippen MR) is 71.0 cm³/mol. The molecule has 0 aromatic heterocycles. The molecule has 2 N–H and O–H groups in total. The van der Waals surface area contributed by atoms with E-state index in [-0.39, 0.29) is 13.2 Å². The van der Waals surface area contributed by atoms with Crippen LogP contribution in [0.3, 0.4) is 0 Å². The van der Waals surface area contributed by atoms with Gasteiger partial charge in [0.1, 0.15) is 0 Å². The van der Waals surface area contributed by atoms with Crippen LogP contribution in [0.25, 0.3) is 0 Å². The summed E-state index contributed by atoms with van der Waals surface area (Å²) < 4.78 is 0. The summed E-state index contributed by atoms with van der Waals surface area (Å²) in [7, 11) is 0. The Labute approximate surface area is 95.7 Å². The highest BCUT2D eigenvalue weighted by Crippen LogP contribution is 1.80. The van der Waals surface area contributed by atoms with Gasteiger partial charge in [0.15, 0.2) is 0 Å². The van der Waals surface area contributed by atoms with Crippen molar-refractivity contribution in [3.8, 4) is 0 Å². The first-order valence-corrected chi connectivity index (χ1v) is 5.09. The average molecular weight is 216 g/mol. The van der Waals surface area contributed by atoms with E-state index in [0.717, 1.165) is 12.8 Å². The van der Waals surface area contributed by atoms with Gasteiger partial charge >= 0.3 is 0 Å². The van der Waals surface area contributed by atoms with Crippen LogP contribution < -0.4 is 0 Å². The van der Waals surface area contributed by atoms with Crippen molar-refractivity contribution in [1.82, 2.24) is 0 Å². The minimum atomic E-state index is 0.195. The predicted octanol–water partition coefficient (Wildman–Crippen LogP) is 3.33. The van der Waals surface area contributed by atoms with Crippen LogP contribution in [0.15, 0.2) is 38.0 Å². The van der Waals surface area contributed by atoms with E-state index in [1.165, 1.54) is 0 Å². The number of rotatable bonds is 3. The van der Waals surface area contributed by atoms with Gasteiger partial charge in [-0.1, -0.05) is 18.2 Å². The standard InChI is InChI=1S/C4H10O2.3C3H6/c5-3-1-2-4-6;3*1-3-2/h5-6H,1-4H2;3*3H,1H2,2H3. The Bertz CT molecular complexity index is 80.4. The molecule has 0 radical (unpaired) electrons. The third-order valence-corrected chi connectivity index (χ3v) is 0.566. The van der Waals surface area contributed by atoms with Crippen LogP contribution in [0.1, 0.15) is 33.6 Å². The Hall–Kier alpha value is -0.860. The van der Waals surface area contributed by atoms with Crippen LogP contribution in [0.2, 0.25) is 0 Å². The van der Waals surface area contributed by atoms with Gasteiger partial charge in [-0.05, 0) is 33.6 Å². The average Bonchev–Trinajstić information content (AvgIpc) is 2.18. The van der Waals surface area contributed by atoms with Gasteiger partial charge in [0.25, 0.3) is 0 Å². The SMILES string of the molecule is C=CC.C=CC.C=CC.OCCCCO. The summed E-state index contributed by atoms with van der Waals surface area (Å²) in [6.07, 6.45) is 6.69. The van der Waals surface area contributed by atoms with E-state index in [1.54, 1.807) is 18.2 Å². The Morgan fingerprint density at radius 1 is 0.733 bits per heavy atom. The minimum Gasteiger partial charge on any atom is -0.396 e. The largest absolute Gasteiger partial charge is 0.396 e. The van der Waals surface area contributed by atoms with Crippen molar-refractivity contribution in [2.45, 2.75) is 33.6 Å². The molecule has 15 heavy (non-hydrogen) atoms. The van der Waals surface area contributed by atoms with Crippen LogP contribution in [-0.2, 0) is 0 Å². The molecule has 0 amide bonds. The fraction of sp³-hybridized carbons (Fsp3) is 0.538. The molecule has 0 rings (SSSR count). The smallest absolute Gasteiger partial charge is 0.0431 e. The van der Waals surface area contributed by atoms with Crippen molar-refractivity contribution < 1.29 is 10.2 Å². The summed E-state index contributed by atoms with van der Waals surface area (Å²) in [5.74, 6) is 0. The lowest BCUT2D eigenvalue weighted by Crippen LogP contribution is -1.85. The van der Waals surface area contributed by atoms with E-state index in [2.05, 4.69) is 19.7 Å². The number of allylic oxidation sites excluding steroid dienone is 3. The van der Waals surface area contributed by atoms with Crippen LogP contribution >= 0.6 is 0 Å². The number of unbranched alkanes of at least 4 members (excludes halogenated alkanes) is 1. The number of hydrogen-bond acceptors (Lipinski definition) is 2. The number of aliphatic hydroxyl groups is 2. The first-order valence-electron chi connectivity index (χ1n) is 5.09. The molecule has 0 heterocycles. The van der Waals surface area contributed by atoms with Crippen LogP contribution in [0, 0.1) is 0 Å². The molecule has 0 aliphatic heterocycles. The molecule has 0 spiro atoms. The Kier molecular flexibility index (Phi) is 81.3. The van der Waals surface area contributed by atoms with Crippen molar-refractivity contribution in [2.24, 2.45) is 0 Å². The van der Waals surface area contributed by atoms with Gasteiger partial charge in [0.05, 0.1) is 0 Å². The zero-order valence-corrected chi connectivity index (χ0v) is 10.6. The van der Waals surface area contributed by atoms with Crippen LogP contribution in [-0.4, -0.2) is 23.4 Å². The maximum absolute atomic E-state index is 8.09. The van der Waals surface area contributed by atoms with E-state index in [9.17, 15) is 0 Å². The Morgan fingerprint density at radius 2 is 0.867 bits per heavy atom. The molecular weight excluding hydrogens is 188 g/mol. The second-order valence-electron chi connectivity index (χ2n) is 2.38. The fourth-order valence-electron chi connectivity index (χ4n) is 0.224. The molecule has 0 aromatic rings. The maximum atomic E-state index is 8.09. The van der Waals surface area contributed by atoms with Gasteiger partial charge in [-0.3, -0.25) is 0 Å². The Balaban J connectivity index is -0.0000000581. The lowest BCUT2D eigenvalue weighted by atomic mass is 10.3. The van der Waals surface area contributed by atoms with Crippen LogP contribution in [0.4, 0.5) is 0 Å². The third kappa shape index (κ3) is 356. The van der Waals surface area contributed by atoms with Gasteiger partial charge in [-0.25, -0.2) is 0 Å². The quantitative estimate of drug-likeness (QED) is 0.561. The molecule has 0 saturated heterocycles. The first-order chi connectivity index (χ1) is 7.16. The summed E-state index contributed by atoms with van der Waals surface area (Å²) in [4.78, 5) is 0. The topological polar surface area (TPSA) is 40.5 Å². The third-order valence-electron chi connectivity index (χ3n) is 0.566. The minimum absolute atomic E-state index is 0.195. The molecule has 0 aliphatic carbocycles. The highest BCUT2D eigenvalue weighted by molar-refractivity contribution is 4.52. The maximum Gasteiger partial charge on any atom is 0.0431 e. The van der Waals surface area contributed by atoms with Crippen molar-refractivity contribution in [3.63, 3.8) is 0 Å². The van der Waals surface area contributed by atoms with E-state index < -0.39 is 0 Å². The van der Waals surface area contributed by atoms with Gasteiger partial charge in [0, 0.05) is 13.2 Å². The van der Waals surface area contributed by atoms with Gasteiger partial charge in [0.2, 0.25) is 0 Å². The van der Waals surface area contributed by atoms with Gasteiger partial charge in [-0.15, -0.1) is 19.7 Å². The fourth-order valence-corrected chi connectivity index (χ4v) is 0.224. The molecule has 2 heteroatoms. The molecule has 0 unspecified atom stereocenters. The lowest BCUT2D eigenvalue weighted by Gasteiger charge is -1.85. The highest BCUT2D eigenvalue weighted by Gasteiger charge is 1.77. The summed E-state index contributed by atoms with van der Waals surface area (Å²) in [5.41, 5.74) is 0. The number of aliphatic hydroxyl groups excluding tert-OH is 2. The van der Waals surface area contributed by atoms with E-state index >= 15 is 0 Å². The first kappa shape index (κ1) is 23.7. The molecule has 2 nitrogen and oxygen atoms in total. The zero-order chi connectivity index (χ0) is 12.9. The van der Waals surface area contributed by atoms with Crippen molar-refractivity contribution in [1.29, 1.82) is 0 Å². The summed E-state index contributed by atoms with van der Waals surface area (Å²) in [6, 6.07) is 0. The van der Waals surface area contributed by atoms with Crippen molar-refractivity contribution in [3.05, 3.63) is 38.0 Å². The second-order valence-corrected chi connectivity index (χ2v) is 2.38. The van der Waals surface area contributed by atoms with Crippen LogP contribution in [0.5, 0.6) is 0 Å². The van der Waals surface area contributed by atoms with E-state index in [1.807, 2.05) is 20.8 Å². The van der Waals surface area contributed by atoms with E-state index in [4.69, 9.17) is 10.2 Å². The zero-order valence-electron chi connectivity index (χ0n) is 10.6. The van der Waals surface area contributed by atoms with Crippen molar-refractivity contribution in [2.75, 3.05) is 13.2 Å². The molecule has 92 valence electrons. The molecular formula is C13H28O2. The highest BCUT2D eigenvalue weighted by atomic mass is 16.3. The summed E-state index contributed by atoms with van der Waals surface area (Å²) >= 11 is 0. The molecule has 0 aliphatic rings. The monoisotopic (exact) mass is 216 g/mol. The number of hydrogen-bond donors (Lipinski definition) is 2. The lowest BCUT2D eigenvalue weighted by molar-refractivity contribution is 0.242. The molecule has 0 fully saturated rings. The Morgan fingerprint density at radius 3 is 0.933 bits per heavy atom. The van der Waals surface area contributed by atoms with Gasteiger partial charge in [-0.2, -0.15) is 0 Å². The molecule has 0 aromatic carbocycles. The molecule has 0 saturated carbocycles. The normalized spacial score (nSPS) is 6.20. The molecule has 0 atom stereocenters.